The van der Waals surface area contributed by atoms with E-state index in [1.807, 2.05) is 0 Å². The largest absolute Gasteiger partial charge is 0.416 e. The van der Waals surface area contributed by atoms with E-state index in [0.29, 0.717) is 12.1 Å². The Kier molecular flexibility index (Phi) is 5.90. The summed E-state index contributed by atoms with van der Waals surface area (Å²) in [6, 6.07) is 2.38. The number of halogens is 3. The number of nitrogens with one attached hydrogen (secondary N) is 2. The number of sulfonamides is 1. The number of aryl methyl sites for hydroxylation is 1. The van der Waals surface area contributed by atoms with Crippen LogP contribution in [-0.4, -0.2) is 35.8 Å². The van der Waals surface area contributed by atoms with Gasteiger partial charge in [0, 0.05) is 13.6 Å². The van der Waals surface area contributed by atoms with Crippen LogP contribution in [0.5, 0.6) is 0 Å². The Bertz CT molecular complexity index is 1030. The fourth-order valence-electron chi connectivity index (χ4n) is 2.70. The van der Waals surface area contributed by atoms with Crippen LogP contribution >= 0.6 is 0 Å². The van der Waals surface area contributed by atoms with Crippen LogP contribution in [0.4, 0.5) is 13.2 Å². The first-order valence-electron chi connectivity index (χ1n) is 8.37. The maximum absolute atomic E-state index is 13.0. The van der Waals surface area contributed by atoms with E-state index < -0.39 is 27.8 Å². The molecule has 2 N–H and O–H groups in total. The van der Waals surface area contributed by atoms with E-state index >= 15 is 0 Å². The first-order chi connectivity index (χ1) is 12.8. The summed E-state index contributed by atoms with van der Waals surface area (Å²) in [5, 5.41) is 7.21. The van der Waals surface area contributed by atoms with E-state index in [1.165, 1.54) is 24.6 Å². The minimum absolute atomic E-state index is 0.0106. The molecule has 0 aliphatic rings. The molecule has 0 saturated carbocycles. The number of aromatic nitrogens is 2. The molecular formula is C17H22F3N5O2S. The summed E-state index contributed by atoms with van der Waals surface area (Å²) in [5.41, 5.74) is -0.197. The van der Waals surface area contributed by atoms with Gasteiger partial charge in [0.2, 0.25) is 0 Å². The molecule has 0 aliphatic heterocycles. The van der Waals surface area contributed by atoms with Crippen LogP contribution in [0.3, 0.4) is 0 Å². The quantitative estimate of drug-likeness (QED) is 0.556. The topological polar surface area (TPSA) is 91.1 Å². The SMILES string of the molecule is C=C(N(C)C(C)=N)S(=O)(=O)N[C@H](C)c1nc2ccc(C(F)(F)F)cc2n1CC. The number of amidine groups is 1. The molecule has 0 aliphatic carbocycles. The summed E-state index contributed by atoms with van der Waals surface area (Å²) in [4.78, 5) is 5.42. The van der Waals surface area contributed by atoms with Gasteiger partial charge in [-0.15, -0.1) is 0 Å². The van der Waals surface area contributed by atoms with E-state index in [1.54, 1.807) is 13.8 Å². The second kappa shape index (κ2) is 7.55. The van der Waals surface area contributed by atoms with Crippen LogP contribution in [0.1, 0.15) is 38.2 Å². The second-order valence-corrected chi connectivity index (χ2v) is 8.01. The van der Waals surface area contributed by atoms with Crippen molar-refractivity contribution in [2.45, 2.75) is 39.5 Å². The van der Waals surface area contributed by atoms with Crippen LogP contribution in [-0.2, 0) is 22.7 Å². The molecule has 0 amide bonds. The molecule has 28 heavy (non-hydrogen) atoms. The van der Waals surface area contributed by atoms with Gasteiger partial charge >= 0.3 is 6.18 Å². The van der Waals surface area contributed by atoms with Crippen molar-refractivity contribution < 1.29 is 21.6 Å². The number of nitrogens with zero attached hydrogens (tertiary/aromatic N) is 3. The predicted octanol–water partition coefficient (Wildman–Crippen LogP) is 3.46. The van der Waals surface area contributed by atoms with Gasteiger partial charge in [-0.25, -0.2) is 13.4 Å². The molecule has 0 bridgehead atoms. The van der Waals surface area contributed by atoms with Crippen molar-refractivity contribution in [2.24, 2.45) is 0 Å². The molecule has 2 rings (SSSR count). The Balaban J connectivity index is 2.44. The lowest BCUT2D eigenvalue weighted by Crippen LogP contribution is -2.36. The highest BCUT2D eigenvalue weighted by molar-refractivity contribution is 7.93. The fraction of sp³-hybridized carbons (Fsp3) is 0.412. The average Bonchev–Trinajstić information content (AvgIpc) is 2.96. The summed E-state index contributed by atoms with van der Waals surface area (Å²) in [6.45, 7) is 8.50. The summed E-state index contributed by atoms with van der Waals surface area (Å²) in [5.74, 6) is 0.269. The molecule has 1 atom stereocenters. The summed E-state index contributed by atoms with van der Waals surface area (Å²) < 4.78 is 68.1. The third-order valence-electron chi connectivity index (χ3n) is 4.33. The maximum atomic E-state index is 13.0. The van der Waals surface area contributed by atoms with Gasteiger partial charge in [-0.05, 0) is 39.0 Å². The molecule has 0 unspecified atom stereocenters. The van der Waals surface area contributed by atoms with E-state index in [9.17, 15) is 21.6 Å². The Morgan fingerprint density at radius 2 is 2.04 bits per heavy atom. The Morgan fingerprint density at radius 3 is 2.54 bits per heavy atom. The first kappa shape index (κ1) is 21.9. The number of rotatable bonds is 6. The highest BCUT2D eigenvalue weighted by Gasteiger charge is 2.32. The number of imidazole rings is 1. The zero-order valence-electron chi connectivity index (χ0n) is 15.9. The van der Waals surface area contributed by atoms with Crippen molar-refractivity contribution in [3.05, 3.63) is 41.2 Å². The smallest absolute Gasteiger partial charge is 0.327 e. The fourth-order valence-corrected chi connectivity index (χ4v) is 3.91. The minimum Gasteiger partial charge on any atom is -0.327 e. The maximum Gasteiger partial charge on any atom is 0.416 e. The monoisotopic (exact) mass is 417 g/mol. The Hall–Kier alpha value is -2.40. The molecule has 1 heterocycles. The minimum atomic E-state index is -4.49. The normalized spacial score (nSPS) is 13.5. The Labute approximate surface area is 161 Å². The molecule has 1 aromatic carbocycles. The van der Waals surface area contributed by atoms with Crippen LogP contribution in [0.2, 0.25) is 0 Å². The summed E-state index contributed by atoms with van der Waals surface area (Å²) >= 11 is 0. The first-order valence-corrected chi connectivity index (χ1v) is 9.85. The van der Waals surface area contributed by atoms with Crippen LogP contribution in [0.15, 0.2) is 29.8 Å². The highest BCUT2D eigenvalue weighted by atomic mass is 32.2. The van der Waals surface area contributed by atoms with Crippen molar-refractivity contribution in [3.63, 3.8) is 0 Å². The average molecular weight is 417 g/mol. The van der Waals surface area contributed by atoms with Crippen molar-refractivity contribution in [2.75, 3.05) is 7.05 Å². The van der Waals surface area contributed by atoms with Gasteiger partial charge in [0.1, 0.15) is 10.9 Å². The molecule has 0 fully saturated rings. The van der Waals surface area contributed by atoms with Crippen molar-refractivity contribution in [3.8, 4) is 0 Å². The van der Waals surface area contributed by atoms with Gasteiger partial charge in [0.05, 0.1) is 28.5 Å². The van der Waals surface area contributed by atoms with Crippen molar-refractivity contribution in [1.29, 1.82) is 5.41 Å². The van der Waals surface area contributed by atoms with Gasteiger partial charge in [-0.2, -0.15) is 17.9 Å². The van der Waals surface area contributed by atoms with E-state index in [-0.39, 0.29) is 22.2 Å². The Morgan fingerprint density at radius 1 is 1.43 bits per heavy atom. The molecule has 7 nitrogen and oxygen atoms in total. The van der Waals surface area contributed by atoms with Gasteiger partial charge in [0.25, 0.3) is 10.0 Å². The van der Waals surface area contributed by atoms with Gasteiger partial charge in [-0.1, -0.05) is 6.58 Å². The molecular weight excluding hydrogens is 395 g/mol. The third kappa shape index (κ3) is 4.20. The van der Waals surface area contributed by atoms with Gasteiger partial charge in [-0.3, -0.25) is 5.41 Å². The summed E-state index contributed by atoms with van der Waals surface area (Å²) in [6.07, 6.45) is -4.49. The lowest BCUT2D eigenvalue weighted by atomic mass is 10.2. The van der Waals surface area contributed by atoms with Crippen molar-refractivity contribution in [1.82, 2.24) is 19.2 Å². The van der Waals surface area contributed by atoms with Gasteiger partial charge < -0.3 is 9.47 Å². The third-order valence-corrected chi connectivity index (χ3v) is 5.89. The number of fused-ring (bicyclic) bond motifs is 1. The highest BCUT2D eigenvalue weighted by Crippen LogP contribution is 2.32. The zero-order chi connectivity index (χ0) is 21.4. The molecule has 154 valence electrons. The molecule has 11 heteroatoms. The number of hydrogen-bond donors (Lipinski definition) is 2. The zero-order valence-corrected chi connectivity index (χ0v) is 16.7. The van der Waals surface area contributed by atoms with E-state index in [4.69, 9.17) is 5.41 Å². The number of alkyl halides is 3. The number of benzene rings is 1. The van der Waals surface area contributed by atoms with Crippen LogP contribution in [0, 0.1) is 5.41 Å². The lowest BCUT2D eigenvalue weighted by molar-refractivity contribution is -0.137. The molecule has 1 aromatic heterocycles. The molecule has 0 radical (unpaired) electrons. The number of hydrogen-bond acceptors (Lipinski definition) is 4. The van der Waals surface area contributed by atoms with Crippen LogP contribution in [0.25, 0.3) is 11.0 Å². The molecule has 2 aromatic rings. The summed E-state index contributed by atoms with van der Waals surface area (Å²) in [7, 11) is -2.64. The van der Waals surface area contributed by atoms with E-state index in [2.05, 4.69) is 16.3 Å². The lowest BCUT2D eigenvalue weighted by Gasteiger charge is -2.22. The standard InChI is InChI=1S/C17H22F3N5O2S/c1-6-25-15-9-13(17(18,19)20)7-8-14(15)22-16(25)10(2)23-28(26,27)12(4)24(5)11(3)21/h7-10,21,23H,4,6H2,1-3,5H3/t10-/m1/s1. The van der Waals surface area contributed by atoms with Crippen LogP contribution < -0.4 is 4.72 Å². The van der Waals surface area contributed by atoms with Crippen molar-refractivity contribution >= 4 is 26.9 Å². The van der Waals surface area contributed by atoms with E-state index in [0.717, 1.165) is 17.0 Å². The molecule has 0 saturated heterocycles. The van der Waals surface area contributed by atoms with Gasteiger partial charge in [0.15, 0.2) is 0 Å². The predicted molar refractivity (Wildman–Crippen MR) is 101 cm³/mol. The molecule has 0 spiro atoms. The second-order valence-electron chi connectivity index (χ2n) is 6.30.